The Bertz CT molecular complexity index is 1610. The van der Waals surface area contributed by atoms with Crippen molar-refractivity contribution in [2.45, 2.75) is 49.0 Å². The third-order valence-corrected chi connectivity index (χ3v) is 8.32. The average molecular weight is 665 g/mol. The summed E-state index contributed by atoms with van der Waals surface area (Å²) in [6.07, 6.45) is -5.33. The van der Waals surface area contributed by atoms with Gasteiger partial charge < -0.3 is 5.32 Å². The minimum absolute atomic E-state index is 0.0387. The van der Waals surface area contributed by atoms with Crippen molar-refractivity contribution in [3.05, 3.63) is 98.8 Å². The van der Waals surface area contributed by atoms with Gasteiger partial charge in [-0.15, -0.1) is 23.2 Å². The summed E-state index contributed by atoms with van der Waals surface area (Å²) in [4.78, 5) is 38.1. The lowest BCUT2D eigenvalue weighted by molar-refractivity contribution is -0.140. The quantitative estimate of drug-likeness (QED) is 0.134. The van der Waals surface area contributed by atoms with Gasteiger partial charge in [-0.25, -0.2) is 13.2 Å². The van der Waals surface area contributed by atoms with Gasteiger partial charge in [0.2, 0.25) is 5.91 Å². The molecule has 2 atom stereocenters. The fourth-order valence-corrected chi connectivity index (χ4v) is 5.89. The summed E-state index contributed by atoms with van der Waals surface area (Å²) in [6.45, 7) is 1.75. The van der Waals surface area contributed by atoms with Gasteiger partial charge in [0.1, 0.15) is 27.6 Å². The van der Waals surface area contributed by atoms with Crippen LogP contribution in [-0.2, 0) is 28.6 Å². The maximum Gasteiger partial charge on any atom is 0.419 e. The molecular weight excluding hydrogens is 643 g/mol. The molecule has 0 heterocycles. The molecule has 43 heavy (non-hydrogen) atoms. The molecule has 0 aliphatic heterocycles. The van der Waals surface area contributed by atoms with Crippen LogP contribution >= 0.6 is 34.8 Å². The number of nitrogens with one attached hydrogen (secondary N) is 1. The van der Waals surface area contributed by atoms with E-state index in [1.165, 1.54) is 18.2 Å². The monoisotopic (exact) mass is 663 g/mol. The van der Waals surface area contributed by atoms with E-state index in [0.29, 0.717) is 18.6 Å². The van der Waals surface area contributed by atoms with Crippen LogP contribution in [-0.4, -0.2) is 21.8 Å². The highest BCUT2D eigenvalue weighted by atomic mass is 35.5. The number of Topliss-reactive ketones (excluding diaryl/α,β-unsaturated/α-hetero) is 2. The Morgan fingerprint density at radius 1 is 0.930 bits per heavy atom. The second kappa shape index (κ2) is 12.5. The molecule has 1 aliphatic rings. The second-order valence-corrected chi connectivity index (χ2v) is 12.0. The van der Waals surface area contributed by atoms with Gasteiger partial charge in [-0.2, -0.15) is 13.2 Å². The van der Waals surface area contributed by atoms with Crippen molar-refractivity contribution in [1.29, 1.82) is 0 Å². The fraction of sp³-hybridized carbons (Fsp3) is 0.300. The summed E-state index contributed by atoms with van der Waals surface area (Å²) in [5.74, 6) is -7.57. The number of carbonyl (C=O) groups is 3. The summed E-state index contributed by atoms with van der Waals surface area (Å²) in [6, 6.07) is 8.10. The molecule has 0 saturated heterocycles. The zero-order chi connectivity index (χ0) is 31.9. The Morgan fingerprint density at radius 2 is 1.60 bits per heavy atom. The molecule has 1 saturated carbocycles. The van der Waals surface area contributed by atoms with Crippen LogP contribution in [0.3, 0.4) is 0 Å². The van der Waals surface area contributed by atoms with Crippen molar-refractivity contribution in [1.82, 2.24) is 0 Å². The van der Waals surface area contributed by atoms with Crippen molar-refractivity contribution in [2.24, 2.45) is 5.92 Å². The topological polar surface area (TPSA) is 63.2 Å². The predicted molar refractivity (Wildman–Crippen MR) is 150 cm³/mol. The van der Waals surface area contributed by atoms with Gasteiger partial charge in [-0.1, -0.05) is 30.7 Å². The maximum atomic E-state index is 15.1. The molecule has 0 bridgehead atoms. The summed E-state index contributed by atoms with van der Waals surface area (Å²) < 4.78 is 80.8. The summed E-state index contributed by atoms with van der Waals surface area (Å²) in [5.41, 5.74) is -2.29. The molecule has 0 radical (unpaired) electrons. The molecule has 0 aromatic heterocycles. The molecule has 3 aromatic rings. The highest BCUT2D eigenvalue weighted by molar-refractivity contribution is 6.53. The summed E-state index contributed by atoms with van der Waals surface area (Å²) in [5, 5.41) is 2.45. The molecule has 1 aliphatic carbocycles. The van der Waals surface area contributed by atoms with E-state index in [0.717, 1.165) is 18.2 Å². The van der Waals surface area contributed by atoms with E-state index in [2.05, 4.69) is 5.32 Å². The number of ketones is 2. The molecule has 4 nitrogen and oxygen atoms in total. The average Bonchev–Trinajstić information content (AvgIpc) is 3.50. The Labute approximate surface area is 257 Å². The van der Waals surface area contributed by atoms with Crippen LogP contribution in [0.15, 0.2) is 48.5 Å². The third-order valence-electron chi connectivity index (χ3n) is 7.05. The van der Waals surface area contributed by atoms with Crippen molar-refractivity contribution in [2.75, 3.05) is 5.32 Å². The van der Waals surface area contributed by atoms with Gasteiger partial charge >= 0.3 is 6.18 Å². The Balaban J connectivity index is 1.52. The zero-order valence-electron chi connectivity index (χ0n) is 22.2. The van der Waals surface area contributed by atoms with E-state index in [1.807, 2.05) is 0 Å². The summed E-state index contributed by atoms with van der Waals surface area (Å²) in [7, 11) is 0. The van der Waals surface area contributed by atoms with Crippen LogP contribution in [0.25, 0.3) is 0 Å². The van der Waals surface area contributed by atoms with E-state index in [-0.39, 0.29) is 39.6 Å². The van der Waals surface area contributed by atoms with Crippen LogP contribution in [0, 0.1) is 23.4 Å². The fourth-order valence-electron chi connectivity index (χ4n) is 4.84. The SMILES string of the molecule is CCCC(=O)Cc1c(F)ccc(CC(=O)c2cc(NC(=O)[C@H]3[C@H](c4ccc(F)c(C(F)(F)F)c4)C3(Cl)Cl)ccc2Cl)c1F. The van der Waals surface area contributed by atoms with Gasteiger partial charge in [-0.3, -0.25) is 14.4 Å². The lowest BCUT2D eigenvalue weighted by Gasteiger charge is -2.11. The van der Waals surface area contributed by atoms with E-state index < -0.39 is 75.5 Å². The van der Waals surface area contributed by atoms with Gasteiger partial charge in [0.25, 0.3) is 0 Å². The first-order valence-corrected chi connectivity index (χ1v) is 14.0. The molecular formula is C30H22Cl3F6NO3. The standard InChI is InChI=1S/C30H22Cl3F6NO3/c1-2-3-17(41)13-19-22(34)8-5-15(27(19)36)11-24(42)18-12-16(6-7-21(18)31)40-28(43)26-25(29(26,32)33)14-4-9-23(35)20(10-14)30(37,38)39/h4-10,12,25-26H,2-3,11,13H2,1H3,(H,40,43)/t25-,26+/m0/s1. The molecule has 1 fully saturated rings. The molecule has 0 unspecified atom stereocenters. The first-order chi connectivity index (χ1) is 20.1. The Kier molecular flexibility index (Phi) is 9.54. The molecule has 1 amide bonds. The number of hydrogen-bond acceptors (Lipinski definition) is 3. The van der Waals surface area contributed by atoms with E-state index >= 15 is 4.39 Å². The number of benzene rings is 3. The summed E-state index contributed by atoms with van der Waals surface area (Å²) >= 11 is 18.6. The molecule has 228 valence electrons. The smallest absolute Gasteiger partial charge is 0.326 e. The molecule has 13 heteroatoms. The largest absolute Gasteiger partial charge is 0.419 e. The molecule has 1 N–H and O–H groups in total. The van der Waals surface area contributed by atoms with E-state index in [4.69, 9.17) is 34.8 Å². The molecule has 3 aromatic carbocycles. The minimum atomic E-state index is -4.98. The van der Waals surface area contributed by atoms with Crippen LogP contribution in [0.1, 0.15) is 58.3 Å². The van der Waals surface area contributed by atoms with Crippen molar-refractivity contribution < 1.29 is 40.7 Å². The van der Waals surface area contributed by atoms with Crippen LogP contribution in [0.4, 0.5) is 32.0 Å². The number of anilines is 1. The number of halogens is 9. The Hall–Kier alpha value is -3.08. The Morgan fingerprint density at radius 3 is 2.26 bits per heavy atom. The van der Waals surface area contributed by atoms with Crippen molar-refractivity contribution >= 4 is 58.0 Å². The first-order valence-electron chi connectivity index (χ1n) is 12.9. The normalized spacial score (nSPS) is 17.4. The van der Waals surface area contributed by atoms with Gasteiger partial charge in [0.05, 0.1) is 16.5 Å². The third kappa shape index (κ3) is 7.02. The number of alkyl halides is 5. The highest BCUT2D eigenvalue weighted by Gasteiger charge is 2.67. The van der Waals surface area contributed by atoms with Gasteiger partial charge in [0.15, 0.2) is 5.78 Å². The van der Waals surface area contributed by atoms with Crippen LogP contribution < -0.4 is 5.32 Å². The second-order valence-electron chi connectivity index (χ2n) is 10.1. The first kappa shape index (κ1) is 32.8. The maximum absolute atomic E-state index is 15.1. The van der Waals surface area contributed by atoms with E-state index in [1.54, 1.807) is 6.92 Å². The number of hydrogen-bond donors (Lipinski definition) is 1. The van der Waals surface area contributed by atoms with Crippen LogP contribution in [0.5, 0.6) is 0 Å². The van der Waals surface area contributed by atoms with E-state index in [9.17, 15) is 36.3 Å². The number of carbonyl (C=O) groups excluding carboxylic acids is 3. The van der Waals surface area contributed by atoms with Crippen molar-refractivity contribution in [3.63, 3.8) is 0 Å². The number of amides is 1. The van der Waals surface area contributed by atoms with Gasteiger partial charge in [0, 0.05) is 42.0 Å². The van der Waals surface area contributed by atoms with Crippen molar-refractivity contribution in [3.8, 4) is 0 Å². The minimum Gasteiger partial charge on any atom is -0.326 e. The molecule has 0 spiro atoms. The highest BCUT2D eigenvalue weighted by Crippen LogP contribution is 2.65. The zero-order valence-corrected chi connectivity index (χ0v) is 24.5. The number of rotatable bonds is 10. The molecule has 4 rings (SSSR count). The van der Waals surface area contributed by atoms with Crippen LogP contribution in [0.2, 0.25) is 5.02 Å². The van der Waals surface area contributed by atoms with Gasteiger partial charge in [-0.05, 0) is 53.9 Å². The lowest BCUT2D eigenvalue weighted by Crippen LogP contribution is -2.17. The lowest BCUT2D eigenvalue weighted by atomic mass is 9.97. The predicted octanol–water partition coefficient (Wildman–Crippen LogP) is 8.64.